The van der Waals surface area contributed by atoms with E-state index in [4.69, 9.17) is 4.74 Å². The van der Waals surface area contributed by atoms with Crippen molar-refractivity contribution in [2.24, 2.45) is 0 Å². The Balaban J connectivity index is 1.92. The third kappa shape index (κ3) is 2.77. The molecule has 1 aliphatic rings. The Morgan fingerprint density at radius 3 is 2.68 bits per heavy atom. The van der Waals surface area contributed by atoms with Gasteiger partial charge in [0.25, 0.3) is 5.91 Å². The summed E-state index contributed by atoms with van der Waals surface area (Å²) in [6.07, 6.45) is 0.835. The highest BCUT2D eigenvalue weighted by Gasteiger charge is 2.34. The number of ether oxygens (including phenoxy) is 1. The molecule has 0 saturated carbocycles. The third-order valence-electron chi connectivity index (χ3n) is 3.76. The lowest BCUT2D eigenvalue weighted by molar-refractivity contribution is -0.126. The summed E-state index contributed by atoms with van der Waals surface area (Å²) in [5, 5.41) is 9.66. The molecule has 4 nitrogen and oxygen atoms in total. The van der Waals surface area contributed by atoms with Crippen molar-refractivity contribution >= 4 is 11.6 Å². The second-order valence-corrected chi connectivity index (χ2v) is 5.44. The average molecular weight is 297 g/mol. The SMILES string of the molecule is CCCN1C(=O)C(Cc2ccccc2)Oc2cc(O)ccc21. The summed E-state index contributed by atoms with van der Waals surface area (Å²) in [5.74, 6) is 0.681. The van der Waals surface area contributed by atoms with Crippen LogP contribution in [-0.2, 0) is 11.2 Å². The maximum Gasteiger partial charge on any atom is 0.268 e. The first-order valence-electron chi connectivity index (χ1n) is 7.54. The van der Waals surface area contributed by atoms with E-state index in [0.29, 0.717) is 18.7 Å². The van der Waals surface area contributed by atoms with E-state index in [-0.39, 0.29) is 11.7 Å². The van der Waals surface area contributed by atoms with Gasteiger partial charge in [-0.15, -0.1) is 0 Å². The lowest BCUT2D eigenvalue weighted by Crippen LogP contribution is -2.47. The van der Waals surface area contributed by atoms with Crippen molar-refractivity contribution in [3.63, 3.8) is 0 Å². The van der Waals surface area contributed by atoms with E-state index in [1.54, 1.807) is 23.1 Å². The van der Waals surface area contributed by atoms with Gasteiger partial charge < -0.3 is 14.7 Å². The number of fused-ring (bicyclic) bond motifs is 1. The smallest absolute Gasteiger partial charge is 0.268 e. The number of benzene rings is 2. The van der Waals surface area contributed by atoms with E-state index in [9.17, 15) is 9.90 Å². The molecule has 0 aromatic heterocycles. The van der Waals surface area contributed by atoms with E-state index in [0.717, 1.165) is 17.7 Å². The van der Waals surface area contributed by atoms with Crippen LogP contribution >= 0.6 is 0 Å². The molecular weight excluding hydrogens is 278 g/mol. The molecule has 2 aromatic rings. The Hall–Kier alpha value is -2.49. The second-order valence-electron chi connectivity index (χ2n) is 5.44. The maximum atomic E-state index is 12.7. The number of nitrogens with zero attached hydrogens (tertiary/aromatic N) is 1. The predicted octanol–water partition coefficient (Wildman–Crippen LogP) is 3.14. The van der Waals surface area contributed by atoms with Gasteiger partial charge in [-0.05, 0) is 24.1 Å². The first-order chi connectivity index (χ1) is 10.7. The first-order valence-corrected chi connectivity index (χ1v) is 7.54. The number of amides is 1. The van der Waals surface area contributed by atoms with Gasteiger partial charge in [-0.2, -0.15) is 0 Å². The molecule has 0 aliphatic carbocycles. The fourth-order valence-electron chi connectivity index (χ4n) is 2.73. The zero-order chi connectivity index (χ0) is 15.5. The number of phenols is 1. The minimum absolute atomic E-state index is 0.0242. The van der Waals surface area contributed by atoms with Gasteiger partial charge in [-0.1, -0.05) is 37.3 Å². The monoisotopic (exact) mass is 297 g/mol. The Bertz CT molecular complexity index is 669. The summed E-state index contributed by atoms with van der Waals surface area (Å²) in [7, 11) is 0. The molecule has 1 unspecified atom stereocenters. The molecular formula is C18H19NO3. The van der Waals surface area contributed by atoms with Crippen LogP contribution in [0.1, 0.15) is 18.9 Å². The summed E-state index contributed by atoms with van der Waals surface area (Å²) >= 11 is 0. The van der Waals surface area contributed by atoms with Gasteiger partial charge in [0.15, 0.2) is 6.10 Å². The second kappa shape index (κ2) is 6.10. The fraction of sp³-hybridized carbons (Fsp3) is 0.278. The fourth-order valence-corrected chi connectivity index (χ4v) is 2.73. The molecule has 1 aliphatic heterocycles. The molecule has 0 spiro atoms. The molecule has 1 atom stereocenters. The summed E-state index contributed by atoms with van der Waals surface area (Å²) in [5.41, 5.74) is 1.79. The molecule has 1 heterocycles. The van der Waals surface area contributed by atoms with Crippen molar-refractivity contribution in [1.29, 1.82) is 0 Å². The van der Waals surface area contributed by atoms with Crippen molar-refractivity contribution in [3.05, 3.63) is 54.1 Å². The molecule has 3 rings (SSSR count). The molecule has 0 fully saturated rings. The number of carbonyl (C=O) groups is 1. The summed E-state index contributed by atoms with van der Waals surface area (Å²) < 4.78 is 5.85. The zero-order valence-corrected chi connectivity index (χ0v) is 12.5. The van der Waals surface area contributed by atoms with Gasteiger partial charge in [0.05, 0.1) is 5.69 Å². The summed E-state index contributed by atoms with van der Waals surface area (Å²) in [6, 6.07) is 14.7. The number of anilines is 1. The normalized spacial score (nSPS) is 17.0. The standard InChI is InChI=1S/C18H19NO3/c1-2-10-19-15-9-8-14(20)12-16(15)22-17(18(19)21)11-13-6-4-3-5-7-13/h3-9,12,17,20H,2,10-11H2,1H3. The number of aromatic hydroxyl groups is 1. The van der Waals surface area contributed by atoms with Crippen LogP contribution < -0.4 is 9.64 Å². The van der Waals surface area contributed by atoms with Crippen LogP contribution in [0, 0.1) is 0 Å². The van der Waals surface area contributed by atoms with Crippen LogP contribution in [0.4, 0.5) is 5.69 Å². The van der Waals surface area contributed by atoms with E-state index < -0.39 is 6.10 Å². The minimum Gasteiger partial charge on any atom is -0.508 e. The largest absolute Gasteiger partial charge is 0.508 e. The highest BCUT2D eigenvalue weighted by atomic mass is 16.5. The molecule has 2 aromatic carbocycles. The van der Waals surface area contributed by atoms with Gasteiger partial charge in [0.1, 0.15) is 11.5 Å². The molecule has 4 heteroatoms. The van der Waals surface area contributed by atoms with E-state index in [1.165, 1.54) is 0 Å². The topological polar surface area (TPSA) is 49.8 Å². The van der Waals surface area contributed by atoms with Crippen molar-refractivity contribution in [3.8, 4) is 11.5 Å². The van der Waals surface area contributed by atoms with Crippen LogP contribution in [0.15, 0.2) is 48.5 Å². The maximum absolute atomic E-state index is 12.7. The Kier molecular flexibility index (Phi) is 4.00. The quantitative estimate of drug-likeness (QED) is 0.943. The molecule has 0 saturated heterocycles. The molecule has 22 heavy (non-hydrogen) atoms. The molecule has 1 N–H and O–H groups in total. The van der Waals surface area contributed by atoms with Crippen molar-refractivity contribution in [1.82, 2.24) is 0 Å². The van der Waals surface area contributed by atoms with Gasteiger partial charge >= 0.3 is 0 Å². The number of hydrogen-bond acceptors (Lipinski definition) is 3. The van der Waals surface area contributed by atoms with Crippen LogP contribution in [0.3, 0.4) is 0 Å². The van der Waals surface area contributed by atoms with Gasteiger partial charge in [0.2, 0.25) is 0 Å². The van der Waals surface area contributed by atoms with E-state index >= 15 is 0 Å². The van der Waals surface area contributed by atoms with Gasteiger partial charge in [-0.3, -0.25) is 4.79 Å². The highest BCUT2D eigenvalue weighted by molar-refractivity contribution is 6.00. The van der Waals surface area contributed by atoms with E-state index in [1.807, 2.05) is 37.3 Å². The molecule has 0 radical (unpaired) electrons. The number of phenolic OH excluding ortho intramolecular Hbond substituents is 1. The van der Waals surface area contributed by atoms with Crippen LogP contribution in [-0.4, -0.2) is 23.7 Å². The lowest BCUT2D eigenvalue weighted by atomic mass is 10.0. The molecule has 1 amide bonds. The van der Waals surface area contributed by atoms with Crippen molar-refractivity contribution in [2.75, 3.05) is 11.4 Å². The molecule has 0 bridgehead atoms. The first kappa shape index (κ1) is 14.4. The number of carbonyl (C=O) groups excluding carboxylic acids is 1. The molecule has 114 valence electrons. The predicted molar refractivity (Wildman–Crippen MR) is 85.3 cm³/mol. The van der Waals surface area contributed by atoms with Crippen molar-refractivity contribution in [2.45, 2.75) is 25.9 Å². The van der Waals surface area contributed by atoms with Crippen molar-refractivity contribution < 1.29 is 14.6 Å². The zero-order valence-electron chi connectivity index (χ0n) is 12.5. The third-order valence-corrected chi connectivity index (χ3v) is 3.76. The minimum atomic E-state index is -0.553. The Morgan fingerprint density at radius 2 is 1.95 bits per heavy atom. The van der Waals surface area contributed by atoms with Crippen LogP contribution in [0.25, 0.3) is 0 Å². The Labute approximate surface area is 130 Å². The Morgan fingerprint density at radius 1 is 1.18 bits per heavy atom. The van der Waals surface area contributed by atoms with Gasteiger partial charge in [-0.25, -0.2) is 0 Å². The average Bonchev–Trinajstić information content (AvgIpc) is 2.52. The number of hydrogen-bond donors (Lipinski definition) is 1. The summed E-state index contributed by atoms with van der Waals surface area (Å²) in [6.45, 7) is 2.68. The van der Waals surface area contributed by atoms with E-state index in [2.05, 4.69) is 0 Å². The lowest BCUT2D eigenvalue weighted by Gasteiger charge is -2.34. The van der Waals surface area contributed by atoms with Crippen LogP contribution in [0.5, 0.6) is 11.5 Å². The summed E-state index contributed by atoms with van der Waals surface area (Å²) in [4.78, 5) is 14.5. The highest BCUT2D eigenvalue weighted by Crippen LogP contribution is 2.37. The van der Waals surface area contributed by atoms with Gasteiger partial charge in [0, 0.05) is 19.0 Å². The van der Waals surface area contributed by atoms with Crippen LogP contribution in [0.2, 0.25) is 0 Å². The number of rotatable bonds is 4.